The first-order valence-electron chi connectivity index (χ1n) is 6.46. The van der Waals surface area contributed by atoms with Gasteiger partial charge in [-0.05, 0) is 23.6 Å². The van der Waals surface area contributed by atoms with E-state index in [0.717, 1.165) is 12.2 Å². The molecule has 0 bridgehead atoms. The number of ether oxygens (including phenoxy) is 1. The molecular weight excluding hydrogens is 220 g/mol. The van der Waals surface area contributed by atoms with E-state index in [-0.39, 0.29) is 11.5 Å². The predicted octanol–water partition coefficient (Wildman–Crippen LogP) is 4.39. The molecule has 1 unspecified atom stereocenters. The minimum Gasteiger partial charge on any atom is -0.485 e. The van der Waals surface area contributed by atoms with Gasteiger partial charge in [-0.3, -0.25) is 0 Å². The summed E-state index contributed by atoms with van der Waals surface area (Å²) in [6.07, 6.45) is 1.19. The molecule has 0 fully saturated rings. The Kier molecular flexibility index (Phi) is 2.62. The van der Waals surface area contributed by atoms with Crippen molar-refractivity contribution in [3.63, 3.8) is 0 Å². The first-order chi connectivity index (χ1) is 8.67. The van der Waals surface area contributed by atoms with Crippen molar-refractivity contribution < 1.29 is 4.74 Å². The Morgan fingerprint density at radius 2 is 1.61 bits per heavy atom. The number of benzene rings is 2. The Bertz CT molecular complexity index is 543. The SMILES string of the molecule is CC1(C)Cc2ccccc2OC1c1ccccc1. The van der Waals surface area contributed by atoms with Crippen molar-refractivity contribution in [2.24, 2.45) is 5.41 Å². The predicted molar refractivity (Wildman–Crippen MR) is 73.7 cm³/mol. The summed E-state index contributed by atoms with van der Waals surface area (Å²) in [5, 5.41) is 0. The van der Waals surface area contributed by atoms with Gasteiger partial charge in [0, 0.05) is 5.41 Å². The Morgan fingerprint density at radius 1 is 0.944 bits per heavy atom. The molecule has 1 heterocycles. The zero-order chi connectivity index (χ0) is 12.6. The van der Waals surface area contributed by atoms with Crippen LogP contribution in [0.3, 0.4) is 0 Å². The van der Waals surface area contributed by atoms with Crippen LogP contribution in [0.25, 0.3) is 0 Å². The second kappa shape index (κ2) is 4.16. The lowest BCUT2D eigenvalue weighted by atomic mass is 9.75. The highest BCUT2D eigenvalue weighted by Crippen LogP contribution is 2.45. The van der Waals surface area contributed by atoms with Gasteiger partial charge in [0.2, 0.25) is 0 Å². The lowest BCUT2D eigenvalue weighted by Crippen LogP contribution is -2.33. The maximum Gasteiger partial charge on any atom is 0.129 e. The zero-order valence-electron chi connectivity index (χ0n) is 10.9. The molecule has 1 aliphatic rings. The van der Waals surface area contributed by atoms with Crippen LogP contribution in [-0.2, 0) is 6.42 Å². The fraction of sp³-hybridized carbons (Fsp3) is 0.294. The third-order valence-electron chi connectivity index (χ3n) is 3.68. The summed E-state index contributed by atoms with van der Waals surface area (Å²) in [4.78, 5) is 0. The molecule has 1 nitrogen and oxygen atoms in total. The Hall–Kier alpha value is -1.76. The van der Waals surface area contributed by atoms with Crippen molar-refractivity contribution >= 4 is 0 Å². The summed E-state index contributed by atoms with van der Waals surface area (Å²) in [5.41, 5.74) is 2.70. The van der Waals surface area contributed by atoms with Crippen LogP contribution in [0.15, 0.2) is 54.6 Å². The molecule has 0 radical (unpaired) electrons. The van der Waals surface area contributed by atoms with Crippen molar-refractivity contribution in [2.45, 2.75) is 26.4 Å². The van der Waals surface area contributed by atoms with Crippen molar-refractivity contribution in [3.05, 3.63) is 65.7 Å². The highest BCUT2D eigenvalue weighted by Gasteiger charge is 2.37. The van der Waals surface area contributed by atoms with E-state index in [2.05, 4.69) is 56.3 Å². The van der Waals surface area contributed by atoms with E-state index in [9.17, 15) is 0 Å². The number of para-hydroxylation sites is 1. The van der Waals surface area contributed by atoms with Crippen LogP contribution in [0.4, 0.5) is 0 Å². The summed E-state index contributed by atoms with van der Waals surface area (Å²) in [7, 11) is 0. The number of rotatable bonds is 1. The van der Waals surface area contributed by atoms with Gasteiger partial charge in [-0.25, -0.2) is 0 Å². The first-order valence-corrected chi connectivity index (χ1v) is 6.46. The van der Waals surface area contributed by atoms with Crippen molar-refractivity contribution in [1.29, 1.82) is 0 Å². The quantitative estimate of drug-likeness (QED) is 0.716. The minimum atomic E-state index is 0.121. The molecule has 1 aliphatic heterocycles. The summed E-state index contributed by atoms with van der Waals surface area (Å²) >= 11 is 0. The number of hydrogen-bond donors (Lipinski definition) is 0. The number of fused-ring (bicyclic) bond motifs is 1. The minimum absolute atomic E-state index is 0.121. The maximum atomic E-state index is 6.23. The summed E-state index contributed by atoms with van der Waals surface area (Å²) < 4.78 is 6.23. The van der Waals surface area contributed by atoms with Crippen molar-refractivity contribution in [3.8, 4) is 5.75 Å². The van der Waals surface area contributed by atoms with Gasteiger partial charge in [0.05, 0.1) is 0 Å². The van der Waals surface area contributed by atoms with Crippen molar-refractivity contribution in [1.82, 2.24) is 0 Å². The summed E-state index contributed by atoms with van der Waals surface area (Å²) in [6, 6.07) is 18.9. The molecule has 3 rings (SSSR count). The molecular formula is C17H18O. The summed E-state index contributed by atoms with van der Waals surface area (Å²) in [6.45, 7) is 4.56. The molecule has 0 amide bonds. The standard InChI is InChI=1S/C17H18O/c1-17(2)12-14-10-6-7-11-15(14)18-16(17)13-8-4-3-5-9-13/h3-11,16H,12H2,1-2H3. The summed E-state index contributed by atoms with van der Waals surface area (Å²) in [5.74, 6) is 1.03. The molecule has 2 aromatic carbocycles. The highest BCUT2D eigenvalue weighted by atomic mass is 16.5. The van der Waals surface area contributed by atoms with Gasteiger partial charge in [-0.1, -0.05) is 62.4 Å². The maximum absolute atomic E-state index is 6.23. The Labute approximate surface area is 108 Å². The molecule has 18 heavy (non-hydrogen) atoms. The van der Waals surface area contributed by atoms with Gasteiger partial charge in [0.25, 0.3) is 0 Å². The van der Waals surface area contributed by atoms with Crippen LogP contribution < -0.4 is 4.74 Å². The smallest absolute Gasteiger partial charge is 0.129 e. The molecule has 0 saturated carbocycles. The lowest BCUT2D eigenvalue weighted by Gasteiger charge is -2.40. The second-order valence-electron chi connectivity index (χ2n) is 5.68. The fourth-order valence-electron chi connectivity index (χ4n) is 2.78. The van der Waals surface area contributed by atoms with Crippen LogP contribution in [0.1, 0.15) is 31.1 Å². The van der Waals surface area contributed by atoms with Crippen molar-refractivity contribution in [2.75, 3.05) is 0 Å². The molecule has 0 spiro atoms. The van der Waals surface area contributed by atoms with E-state index >= 15 is 0 Å². The van der Waals surface area contributed by atoms with Crippen LogP contribution in [0.5, 0.6) is 5.75 Å². The van der Waals surface area contributed by atoms with Crippen LogP contribution in [-0.4, -0.2) is 0 Å². The van der Waals surface area contributed by atoms with Gasteiger partial charge in [0.15, 0.2) is 0 Å². The normalized spacial score (nSPS) is 20.9. The van der Waals surface area contributed by atoms with Crippen LogP contribution >= 0.6 is 0 Å². The van der Waals surface area contributed by atoms with Crippen LogP contribution in [0.2, 0.25) is 0 Å². The van der Waals surface area contributed by atoms with Gasteiger partial charge in [-0.2, -0.15) is 0 Å². The zero-order valence-corrected chi connectivity index (χ0v) is 10.9. The third kappa shape index (κ3) is 1.90. The van der Waals surface area contributed by atoms with Gasteiger partial charge < -0.3 is 4.74 Å². The van der Waals surface area contributed by atoms with E-state index in [0.29, 0.717) is 0 Å². The molecule has 92 valence electrons. The fourth-order valence-corrected chi connectivity index (χ4v) is 2.78. The number of hydrogen-bond acceptors (Lipinski definition) is 1. The van der Waals surface area contributed by atoms with E-state index in [1.165, 1.54) is 11.1 Å². The Balaban J connectivity index is 2.02. The molecule has 1 atom stereocenters. The van der Waals surface area contributed by atoms with Gasteiger partial charge in [-0.15, -0.1) is 0 Å². The first kappa shape index (κ1) is 11.3. The van der Waals surface area contributed by atoms with E-state index < -0.39 is 0 Å². The van der Waals surface area contributed by atoms with E-state index in [4.69, 9.17) is 4.74 Å². The molecule has 0 aromatic heterocycles. The lowest BCUT2D eigenvalue weighted by molar-refractivity contribution is 0.0526. The van der Waals surface area contributed by atoms with Gasteiger partial charge in [0.1, 0.15) is 11.9 Å². The molecule has 1 heteroatoms. The monoisotopic (exact) mass is 238 g/mol. The largest absolute Gasteiger partial charge is 0.485 e. The molecule has 2 aromatic rings. The topological polar surface area (TPSA) is 9.23 Å². The second-order valence-corrected chi connectivity index (χ2v) is 5.68. The molecule has 0 saturated heterocycles. The van der Waals surface area contributed by atoms with Gasteiger partial charge >= 0.3 is 0 Å². The molecule has 0 aliphatic carbocycles. The average molecular weight is 238 g/mol. The Morgan fingerprint density at radius 3 is 2.39 bits per heavy atom. The highest BCUT2D eigenvalue weighted by molar-refractivity contribution is 5.38. The van der Waals surface area contributed by atoms with E-state index in [1.807, 2.05) is 12.1 Å². The van der Waals surface area contributed by atoms with E-state index in [1.54, 1.807) is 0 Å². The van der Waals surface area contributed by atoms with Crippen LogP contribution in [0, 0.1) is 5.41 Å². The average Bonchev–Trinajstić information content (AvgIpc) is 2.38. The molecule has 0 N–H and O–H groups in total. The third-order valence-corrected chi connectivity index (χ3v) is 3.68.